The third kappa shape index (κ3) is 1.74. The molecule has 0 aliphatic carbocycles. The van der Waals surface area contributed by atoms with E-state index >= 15 is 0 Å². The largest absolute Gasteiger partial charge is 0.469 e. The van der Waals surface area contributed by atoms with E-state index in [9.17, 15) is 0 Å². The first-order valence-electron chi connectivity index (χ1n) is 5.52. The zero-order valence-corrected chi connectivity index (χ0v) is 8.97. The van der Waals surface area contributed by atoms with Gasteiger partial charge in [-0.3, -0.25) is 0 Å². The van der Waals surface area contributed by atoms with Crippen molar-refractivity contribution in [3.8, 4) is 0 Å². The molecule has 0 spiro atoms. The van der Waals surface area contributed by atoms with Crippen LogP contribution in [0.5, 0.6) is 0 Å². The maximum atomic E-state index is 5.90. The monoisotopic (exact) mass is 218 g/mol. The number of furan rings is 1. The van der Waals surface area contributed by atoms with E-state index in [1.165, 1.54) is 0 Å². The Kier molecular flexibility index (Phi) is 2.25. The standard InChI is InChI=1S/C11H14N4O/c12-8-3-4-15-11(6-8)13-10(14-15)7-9-2-1-5-16-9/h1-2,5,8H,3-4,6-7,12H2. The Morgan fingerprint density at radius 1 is 1.56 bits per heavy atom. The van der Waals surface area contributed by atoms with E-state index in [-0.39, 0.29) is 6.04 Å². The van der Waals surface area contributed by atoms with Gasteiger partial charge < -0.3 is 10.2 Å². The summed E-state index contributed by atoms with van der Waals surface area (Å²) >= 11 is 0. The zero-order chi connectivity index (χ0) is 11.0. The van der Waals surface area contributed by atoms with Gasteiger partial charge in [0.2, 0.25) is 0 Å². The minimum Gasteiger partial charge on any atom is -0.469 e. The fourth-order valence-electron chi connectivity index (χ4n) is 2.02. The maximum absolute atomic E-state index is 5.90. The lowest BCUT2D eigenvalue weighted by Crippen LogP contribution is -2.31. The van der Waals surface area contributed by atoms with Gasteiger partial charge in [-0.2, -0.15) is 5.10 Å². The molecule has 1 aliphatic rings. The van der Waals surface area contributed by atoms with Crippen molar-refractivity contribution < 1.29 is 4.42 Å². The third-order valence-corrected chi connectivity index (χ3v) is 2.86. The van der Waals surface area contributed by atoms with Gasteiger partial charge in [0.05, 0.1) is 12.7 Å². The third-order valence-electron chi connectivity index (χ3n) is 2.86. The van der Waals surface area contributed by atoms with Gasteiger partial charge in [-0.15, -0.1) is 0 Å². The number of fused-ring (bicyclic) bond motifs is 1. The van der Waals surface area contributed by atoms with Crippen LogP contribution in [0.3, 0.4) is 0 Å². The molecule has 0 radical (unpaired) electrons. The molecule has 16 heavy (non-hydrogen) atoms. The van der Waals surface area contributed by atoms with Crippen molar-refractivity contribution in [1.82, 2.24) is 14.8 Å². The van der Waals surface area contributed by atoms with Crippen LogP contribution in [-0.4, -0.2) is 20.8 Å². The van der Waals surface area contributed by atoms with Crippen LogP contribution in [-0.2, 0) is 19.4 Å². The van der Waals surface area contributed by atoms with Gasteiger partial charge in [-0.05, 0) is 18.6 Å². The van der Waals surface area contributed by atoms with Crippen LogP contribution in [0.25, 0.3) is 0 Å². The lowest BCUT2D eigenvalue weighted by molar-refractivity contribution is 0.431. The molecule has 3 rings (SSSR count). The summed E-state index contributed by atoms with van der Waals surface area (Å²) in [4.78, 5) is 4.49. The summed E-state index contributed by atoms with van der Waals surface area (Å²) in [6, 6.07) is 4.04. The Hall–Kier alpha value is -1.62. The number of hydrogen-bond donors (Lipinski definition) is 1. The fourth-order valence-corrected chi connectivity index (χ4v) is 2.02. The molecule has 5 nitrogen and oxygen atoms in total. The molecule has 0 aromatic carbocycles. The average molecular weight is 218 g/mol. The molecular weight excluding hydrogens is 204 g/mol. The van der Waals surface area contributed by atoms with Crippen molar-refractivity contribution in [1.29, 1.82) is 0 Å². The average Bonchev–Trinajstić information content (AvgIpc) is 2.86. The molecule has 2 aromatic heterocycles. The summed E-state index contributed by atoms with van der Waals surface area (Å²) in [5.41, 5.74) is 5.90. The molecule has 1 atom stereocenters. The highest BCUT2D eigenvalue weighted by Gasteiger charge is 2.19. The molecule has 5 heteroatoms. The Labute approximate surface area is 93.3 Å². The van der Waals surface area contributed by atoms with Crippen molar-refractivity contribution in [2.45, 2.75) is 31.8 Å². The first-order chi connectivity index (χ1) is 7.81. The lowest BCUT2D eigenvalue weighted by atomic mass is 10.1. The van der Waals surface area contributed by atoms with E-state index in [2.05, 4.69) is 10.1 Å². The number of aryl methyl sites for hydroxylation is 1. The van der Waals surface area contributed by atoms with E-state index in [1.807, 2.05) is 16.8 Å². The van der Waals surface area contributed by atoms with Gasteiger partial charge in [0.1, 0.15) is 11.6 Å². The highest BCUT2D eigenvalue weighted by atomic mass is 16.3. The van der Waals surface area contributed by atoms with Crippen molar-refractivity contribution >= 4 is 0 Å². The van der Waals surface area contributed by atoms with Crippen LogP contribution in [0.1, 0.15) is 23.8 Å². The summed E-state index contributed by atoms with van der Waals surface area (Å²) in [6.07, 6.45) is 4.13. The van der Waals surface area contributed by atoms with E-state index in [1.54, 1.807) is 6.26 Å². The Morgan fingerprint density at radius 2 is 2.50 bits per heavy atom. The van der Waals surface area contributed by atoms with Gasteiger partial charge in [-0.1, -0.05) is 0 Å². The van der Waals surface area contributed by atoms with Crippen molar-refractivity contribution in [3.63, 3.8) is 0 Å². The molecule has 0 fully saturated rings. The Bertz CT molecular complexity index is 474. The molecule has 0 saturated heterocycles. The van der Waals surface area contributed by atoms with Crippen LogP contribution < -0.4 is 5.73 Å². The first kappa shape index (κ1) is 9.59. The first-order valence-corrected chi connectivity index (χ1v) is 5.52. The molecule has 84 valence electrons. The predicted octanol–water partition coefficient (Wildman–Crippen LogP) is 0.735. The summed E-state index contributed by atoms with van der Waals surface area (Å²) in [5, 5.41) is 4.45. The van der Waals surface area contributed by atoms with Gasteiger partial charge >= 0.3 is 0 Å². The normalized spacial score (nSPS) is 19.7. The zero-order valence-electron chi connectivity index (χ0n) is 8.97. The van der Waals surface area contributed by atoms with Crippen LogP contribution in [0.15, 0.2) is 22.8 Å². The van der Waals surface area contributed by atoms with E-state index in [0.717, 1.165) is 36.8 Å². The number of nitrogens with zero attached hydrogens (tertiary/aromatic N) is 3. The smallest absolute Gasteiger partial charge is 0.158 e. The van der Waals surface area contributed by atoms with Crippen LogP contribution in [0.2, 0.25) is 0 Å². The fraction of sp³-hybridized carbons (Fsp3) is 0.455. The van der Waals surface area contributed by atoms with Gasteiger partial charge in [0.15, 0.2) is 5.82 Å². The number of nitrogens with two attached hydrogens (primary N) is 1. The van der Waals surface area contributed by atoms with E-state index in [4.69, 9.17) is 10.2 Å². The van der Waals surface area contributed by atoms with Gasteiger partial charge in [-0.25, -0.2) is 9.67 Å². The molecule has 1 unspecified atom stereocenters. The van der Waals surface area contributed by atoms with Crippen molar-refractivity contribution in [2.75, 3.05) is 0 Å². The topological polar surface area (TPSA) is 69.9 Å². The molecule has 3 heterocycles. The number of hydrogen-bond acceptors (Lipinski definition) is 4. The number of aromatic nitrogens is 3. The molecule has 0 saturated carbocycles. The van der Waals surface area contributed by atoms with E-state index in [0.29, 0.717) is 6.42 Å². The summed E-state index contributed by atoms with van der Waals surface area (Å²) in [7, 11) is 0. The second-order valence-electron chi connectivity index (χ2n) is 4.18. The molecule has 0 amide bonds. The molecule has 0 bridgehead atoms. The molecular formula is C11H14N4O. The molecule has 1 aliphatic heterocycles. The highest BCUT2D eigenvalue weighted by Crippen LogP contribution is 2.13. The second-order valence-corrected chi connectivity index (χ2v) is 4.18. The predicted molar refractivity (Wildman–Crippen MR) is 57.8 cm³/mol. The van der Waals surface area contributed by atoms with Crippen LogP contribution >= 0.6 is 0 Å². The van der Waals surface area contributed by atoms with Gasteiger partial charge in [0.25, 0.3) is 0 Å². The Balaban J connectivity index is 1.82. The molecule has 2 aromatic rings. The lowest BCUT2D eigenvalue weighted by Gasteiger charge is -2.17. The minimum absolute atomic E-state index is 0.230. The summed E-state index contributed by atoms with van der Waals surface area (Å²) in [5.74, 6) is 2.71. The second kappa shape index (κ2) is 3.75. The minimum atomic E-state index is 0.230. The van der Waals surface area contributed by atoms with Crippen LogP contribution in [0.4, 0.5) is 0 Å². The maximum Gasteiger partial charge on any atom is 0.158 e. The summed E-state index contributed by atoms with van der Waals surface area (Å²) in [6.45, 7) is 0.877. The molecule has 2 N–H and O–H groups in total. The Morgan fingerprint density at radius 3 is 3.31 bits per heavy atom. The van der Waals surface area contributed by atoms with Crippen molar-refractivity contribution in [3.05, 3.63) is 35.8 Å². The van der Waals surface area contributed by atoms with Crippen LogP contribution in [0, 0.1) is 0 Å². The number of rotatable bonds is 2. The quantitative estimate of drug-likeness (QED) is 0.807. The van der Waals surface area contributed by atoms with Crippen molar-refractivity contribution in [2.24, 2.45) is 5.73 Å². The van der Waals surface area contributed by atoms with Gasteiger partial charge in [0, 0.05) is 19.0 Å². The SMILES string of the molecule is NC1CCn2nc(Cc3ccco3)nc2C1. The highest BCUT2D eigenvalue weighted by molar-refractivity contribution is 5.08. The summed E-state index contributed by atoms with van der Waals surface area (Å²) < 4.78 is 7.24. The van der Waals surface area contributed by atoms with E-state index < -0.39 is 0 Å².